The number of ether oxygens (including phenoxy) is 1. The lowest BCUT2D eigenvalue weighted by Crippen LogP contribution is -2.42. The number of nitrogens with one attached hydrogen (secondary N) is 1. The molecule has 0 bridgehead atoms. The number of nitrogens with zero attached hydrogens (tertiary/aromatic N) is 1. The number of anilines is 1. The van der Waals surface area contributed by atoms with Gasteiger partial charge in [-0.3, -0.25) is 13.9 Å². The van der Waals surface area contributed by atoms with Crippen LogP contribution in [-0.4, -0.2) is 49.8 Å². The molecule has 2 rings (SSSR count). The van der Waals surface area contributed by atoms with Crippen LogP contribution >= 0.6 is 10.6 Å². The Kier molecular flexibility index (Phi) is 5.65. The van der Waals surface area contributed by atoms with Gasteiger partial charge >= 0.3 is 0 Å². The molecule has 1 aromatic heterocycles. The highest BCUT2D eigenvalue weighted by atomic mass is 32.3. The van der Waals surface area contributed by atoms with E-state index in [0.29, 0.717) is 30.3 Å². The number of aliphatic hydroxyl groups excluding tert-OH is 1. The molecule has 1 amide bonds. The second-order valence-corrected chi connectivity index (χ2v) is 9.77. The van der Waals surface area contributed by atoms with Crippen LogP contribution in [0, 0.1) is 0 Å². The fourth-order valence-corrected chi connectivity index (χ4v) is 3.86. The summed E-state index contributed by atoms with van der Waals surface area (Å²) in [6.45, 7) is 7.06. The van der Waals surface area contributed by atoms with Gasteiger partial charge in [-0.2, -0.15) is 10.6 Å². The molecule has 0 fully saturated rings. The van der Waals surface area contributed by atoms with E-state index in [1.165, 1.54) is 19.9 Å². The van der Waals surface area contributed by atoms with Gasteiger partial charge in [0.05, 0.1) is 19.8 Å². The van der Waals surface area contributed by atoms with E-state index in [9.17, 15) is 19.0 Å². The van der Waals surface area contributed by atoms with Crippen molar-refractivity contribution in [2.45, 2.75) is 44.3 Å². The van der Waals surface area contributed by atoms with Crippen molar-refractivity contribution in [3.8, 4) is 0 Å². The van der Waals surface area contributed by atoms with E-state index in [2.05, 4.69) is 10.5 Å². The Morgan fingerprint density at radius 2 is 2.04 bits per heavy atom. The Hall–Kier alpha value is -1.39. The standard InChI is InChI=1S/C16H26N2O6S/c1-15(2,10-19)12-9-13(18-24-12)17-14(20)16(3,4)25(21,22)11-5-7-23-8-6-11/h5,9,19,21-22H,6-8,10H2,1-4H3,(H,17,18,20). The normalized spacial score (nSPS) is 17.2. The summed E-state index contributed by atoms with van der Waals surface area (Å²) in [5.41, 5.74) is -0.638. The van der Waals surface area contributed by atoms with Crippen LogP contribution in [0.25, 0.3) is 0 Å². The van der Waals surface area contributed by atoms with Gasteiger partial charge < -0.3 is 19.7 Å². The van der Waals surface area contributed by atoms with Crippen molar-refractivity contribution < 1.29 is 28.3 Å². The fourth-order valence-electron chi connectivity index (χ4n) is 2.22. The fraction of sp³-hybridized carbons (Fsp3) is 0.625. The van der Waals surface area contributed by atoms with Crippen molar-refractivity contribution >= 4 is 22.3 Å². The van der Waals surface area contributed by atoms with Crippen LogP contribution in [-0.2, 0) is 14.9 Å². The summed E-state index contributed by atoms with van der Waals surface area (Å²) in [6.07, 6.45) is 1.99. The Morgan fingerprint density at radius 1 is 1.36 bits per heavy atom. The Bertz CT molecular complexity index is 665. The maximum Gasteiger partial charge on any atom is 0.250 e. The third kappa shape index (κ3) is 3.90. The lowest BCUT2D eigenvalue weighted by atomic mass is 9.92. The predicted octanol–water partition coefficient (Wildman–Crippen LogP) is 2.72. The first kappa shape index (κ1) is 19.9. The summed E-state index contributed by atoms with van der Waals surface area (Å²) >= 11 is 0. The van der Waals surface area contributed by atoms with Crippen LogP contribution in [0.4, 0.5) is 5.82 Å². The molecule has 0 saturated heterocycles. The van der Waals surface area contributed by atoms with Crippen LogP contribution in [0.1, 0.15) is 39.9 Å². The van der Waals surface area contributed by atoms with Crippen molar-refractivity contribution in [2.24, 2.45) is 0 Å². The van der Waals surface area contributed by atoms with Crippen LogP contribution in [0.5, 0.6) is 0 Å². The van der Waals surface area contributed by atoms with Crippen molar-refractivity contribution in [2.75, 3.05) is 25.1 Å². The SMILES string of the molecule is CC(C)(CO)c1cc(NC(=O)C(C)(C)S(O)(O)C2=CCOCC2)no1. The number of aliphatic hydroxyl groups is 1. The first-order valence-corrected chi connectivity index (χ1v) is 9.51. The van der Waals surface area contributed by atoms with Gasteiger partial charge in [-0.25, -0.2) is 0 Å². The number of carbonyl (C=O) groups is 1. The zero-order chi connectivity index (χ0) is 18.9. The third-order valence-electron chi connectivity index (χ3n) is 4.36. The summed E-state index contributed by atoms with van der Waals surface area (Å²) in [6, 6.07) is 1.52. The summed E-state index contributed by atoms with van der Waals surface area (Å²) in [4.78, 5) is 13.1. The number of amides is 1. The minimum atomic E-state index is -3.34. The van der Waals surface area contributed by atoms with Gasteiger partial charge in [-0.15, -0.1) is 0 Å². The maximum atomic E-state index is 12.7. The van der Waals surface area contributed by atoms with Gasteiger partial charge in [0.2, 0.25) is 0 Å². The molecule has 25 heavy (non-hydrogen) atoms. The number of hydrogen-bond donors (Lipinski definition) is 4. The highest BCUT2D eigenvalue weighted by molar-refractivity contribution is 8.29. The molecule has 0 saturated carbocycles. The average molecular weight is 374 g/mol. The van der Waals surface area contributed by atoms with Gasteiger partial charge in [0.1, 0.15) is 10.5 Å². The average Bonchev–Trinajstić information content (AvgIpc) is 3.04. The molecule has 1 aromatic rings. The second-order valence-electron chi connectivity index (χ2n) is 7.13. The van der Waals surface area contributed by atoms with E-state index in [1.54, 1.807) is 19.9 Å². The monoisotopic (exact) mass is 374 g/mol. The molecule has 0 unspecified atom stereocenters. The van der Waals surface area contributed by atoms with Crippen LogP contribution in [0.15, 0.2) is 21.6 Å². The Morgan fingerprint density at radius 3 is 2.60 bits per heavy atom. The summed E-state index contributed by atoms with van der Waals surface area (Å²) < 4.78 is 30.2. The van der Waals surface area contributed by atoms with E-state index in [1.807, 2.05) is 0 Å². The van der Waals surface area contributed by atoms with Gasteiger partial charge in [-0.05, 0) is 19.9 Å². The highest BCUT2D eigenvalue weighted by Gasteiger charge is 2.44. The van der Waals surface area contributed by atoms with E-state index in [0.717, 1.165) is 0 Å². The van der Waals surface area contributed by atoms with Crippen molar-refractivity contribution in [3.63, 3.8) is 0 Å². The van der Waals surface area contributed by atoms with E-state index < -0.39 is 26.7 Å². The zero-order valence-corrected chi connectivity index (χ0v) is 15.7. The molecule has 0 radical (unpaired) electrons. The number of rotatable bonds is 6. The quantitative estimate of drug-likeness (QED) is 0.603. The third-order valence-corrected chi connectivity index (χ3v) is 7.07. The first-order valence-electron chi connectivity index (χ1n) is 7.96. The van der Waals surface area contributed by atoms with Crippen molar-refractivity contribution in [3.05, 3.63) is 22.8 Å². The Balaban J connectivity index is 2.17. The van der Waals surface area contributed by atoms with Gasteiger partial charge in [0.25, 0.3) is 5.91 Å². The first-order chi connectivity index (χ1) is 11.5. The van der Waals surface area contributed by atoms with Gasteiger partial charge in [-0.1, -0.05) is 19.0 Å². The Labute approximate surface area is 148 Å². The molecule has 4 N–H and O–H groups in total. The molecular formula is C16H26N2O6S. The summed E-state index contributed by atoms with van der Waals surface area (Å²) in [7, 11) is -3.34. The molecule has 9 heteroatoms. The summed E-state index contributed by atoms with van der Waals surface area (Å²) in [5.74, 6) is -0.00541. The second kappa shape index (κ2) is 7.08. The van der Waals surface area contributed by atoms with Crippen LogP contribution < -0.4 is 5.32 Å². The maximum absolute atomic E-state index is 12.7. The molecule has 0 spiro atoms. The minimum absolute atomic E-state index is 0.141. The molecule has 0 atom stereocenters. The smallest absolute Gasteiger partial charge is 0.250 e. The molecule has 2 heterocycles. The summed E-state index contributed by atoms with van der Waals surface area (Å²) in [5, 5.41) is 15.7. The topological polar surface area (TPSA) is 125 Å². The molecule has 1 aliphatic heterocycles. The number of aromatic nitrogens is 1. The van der Waals surface area contributed by atoms with Crippen molar-refractivity contribution in [1.82, 2.24) is 5.16 Å². The van der Waals surface area contributed by atoms with Crippen LogP contribution in [0.3, 0.4) is 0 Å². The number of carbonyl (C=O) groups excluding carboxylic acids is 1. The molecule has 8 nitrogen and oxygen atoms in total. The van der Waals surface area contributed by atoms with E-state index in [4.69, 9.17) is 9.26 Å². The zero-order valence-electron chi connectivity index (χ0n) is 14.9. The molecule has 1 aliphatic rings. The largest absolute Gasteiger partial charge is 0.395 e. The minimum Gasteiger partial charge on any atom is -0.395 e. The van der Waals surface area contributed by atoms with Gasteiger partial charge in [0.15, 0.2) is 5.82 Å². The number of hydrogen-bond acceptors (Lipinski definition) is 7. The van der Waals surface area contributed by atoms with E-state index >= 15 is 0 Å². The molecular weight excluding hydrogens is 348 g/mol. The highest BCUT2D eigenvalue weighted by Crippen LogP contribution is 2.60. The molecule has 0 aromatic carbocycles. The lowest BCUT2D eigenvalue weighted by Gasteiger charge is -2.47. The molecule has 0 aliphatic carbocycles. The lowest BCUT2D eigenvalue weighted by molar-refractivity contribution is -0.118. The molecule has 142 valence electrons. The predicted molar refractivity (Wildman–Crippen MR) is 95.7 cm³/mol. The van der Waals surface area contributed by atoms with Crippen molar-refractivity contribution in [1.29, 1.82) is 0 Å². The van der Waals surface area contributed by atoms with Crippen LogP contribution in [0.2, 0.25) is 0 Å². The van der Waals surface area contributed by atoms with Gasteiger partial charge in [0, 0.05) is 22.8 Å². The van der Waals surface area contributed by atoms with E-state index in [-0.39, 0.29) is 12.4 Å².